The first kappa shape index (κ1) is 16.3. The zero-order valence-electron chi connectivity index (χ0n) is 12.0. The summed E-state index contributed by atoms with van der Waals surface area (Å²) in [7, 11) is 1.73. The molecule has 2 unspecified atom stereocenters. The van der Waals surface area contributed by atoms with Crippen molar-refractivity contribution in [1.29, 1.82) is 0 Å². The molecule has 0 spiro atoms. The van der Waals surface area contributed by atoms with Crippen LogP contribution in [0.2, 0.25) is 0 Å². The predicted octanol–water partition coefficient (Wildman–Crippen LogP) is 0.407. The Morgan fingerprint density at radius 1 is 1.20 bits per heavy atom. The van der Waals surface area contributed by atoms with Crippen molar-refractivity contribution in [3.63, 3.8) is 0 Å². The van der Waals surface area contributed by atoms with Gasteiger partial charge in [0.05, 0.1) is 6.54 Å². The smallest absolute Gasteiger partial charge is 0.322 e. The summed E-state index contributed by atoms with van der Waals surface area (Å²) in [6.07, 6.45) is 4.28. The van der Waals surface area contributed by atoms with E-state index in [-0.39, 0.29) is 18.6 Å². The van der Waals surface area contributed by atoms with Crippen LogP contribution in [0.5, 0.6) is 0 Å². The lowest BCUT2D eigenvalue weighted by atomic mass is 9.86. The van der Waals surface area contributed by atoms with Gasteiger partial charge in [-0.2, -0.15) is 0 Å². The van der Waals surface area contributed by atoms with Crippen molar-refractivity contribution in [3.8, 4) is 0 Å². The van der Waals surface area contributed by atoms with Gasteiger partial charge in [-0.3, -0.25) is 9.59 Å². The molecule has 0 radical (unpaired) electrons. The Hall–Kier alpha value is -1.79. The van der Waals surface area contributed by atoms with Crippen LogP contribution in [0.3, 0.4) is 0 Å². The Bertz CT molecular complexity index is 373. The van der Waals surface area contributed by atoms with Crippen molar-refractivity contribution < 1.29 is 19.5 Å². The van der Waals surface area contributed by atoms with Crippen LogP contribution >= 0.6 is 0 Å². The van der Waals surface area contributed by atoms with Gasteiger partial charge in [-0.05, 0) is 18.8 Å². The molecule has 3 N–H and O–H groups in total. The Morgan fingerprint density at radius 2 is 1.90 bits per heavy atom. The van der Waals surface area contributed by atoms with Gasteiger partial charge in [0, 0.05) is 13.1 Å². The van der Waals surface area contributed by atoms with Gasteiger partial charge in [0.25, 0.3) is 0 Å². The van der Waals surface area contributed by atoms with Crippen LogP contribution in [0.1, 0.15) is 32.6 Å². The Kier molecular flexibility index (Phi) is 6.27. The molecule has 1 saturated carbocycles. The van der Waals surface area contributed by atoms with E-state index >= 15 is 0 Å². The number of rotatable bonds is 5. The Balaban J connectivity index is 2.30. The highest BCUT2D eigenvalue weighted by Gasteiger charge is 2.25. The summed E-state index contributed by atoms with van der Waals surface area (Å²) < 4.78 is 0. The largest absolute Gasteiger partial charge is 0.480 e. The first-order valence-corrected chi connectivity index (χ1v) is 6.89. The van der Waals surface area contributed by atoms with Crippen LogP contribution in [0.25, 0.3) is 0 Å². The summed E-state index contributed by atoms with van der Waals surface area (Å²) in [5, 5.41) is 13.1. The van der Waals surface area contributed by atoms with E-state index in [9.17, 15) is 14.4 Å². The summed E-state index contributed by atoms with van der Waals surface area (Å²) in [5.41, 5.74) is 0. The van der Waals surface area contributed by atoms with Crippen molar-refractivity contribution >= 4 is 17.9 Å². The van der Waals surface area contributed by atoms with Gasteiger partial charge in [-0.25, -0.2) is 4.79 Å². The number of aliphatic carboxylic acids is 1. The molecular formula is C13H23N3O4. The molecule has 0 aliphatic heterocycles. The molecule has 1 fully saturated rings. The number of carbonyl (C=O) groups is 3. The number of nitrogens with one attached hydrogen (secondary N) is 2. The highest BCUT2D eigenvalue weighted by atomic mass is 16.4. The first-order chi connectivity index (χ1) is 9.40. The molecule has 3 amide bonds. The Morgan fingerprint density at radius 3 is 2.50 bits per heavy atom. The molecule has 1 aliphatic carbocycles. The summed E-state index contributed by atoms with van der Waals surface area (Å²) in [6, 6.07) is -0.0876. The van der Waals surface area contributed by atoms with E-state index in [0.29, 0.717) is 5.92 Å². The van der Waals surface area contributed by atoms with E-state index in [2.05, 4.69) is 17.6 Å². The van der Waals surface area contributed by atoms with Gasteiger partial charge in [-0.1, -0.05) is 19.8 Å². The fourth-order valence-electron chi connectivity index (χ4n) is 2.44. The molecule has 2 atom stereocenters. The van der Waals surface area contributed by atoms with E-state index in [1.165, 1.54) is 6.42 Å². The number of hydrogen-bond donors (Lipinski definition) is 3. The third-order valence-corrected chi connectivity index (χ3v) is 3.61. The van der Waals surface area contributed by atoms with E-state index in [0.717, 1.165) is 19.3 Å². The molecule has 20 heavy (non-hydrogen) atoms. The van der Waals surface area contributed by atoms with E-state index in [4.69, 9.17) is 5.11 Å². The average Bonchev–Trinajstić information content (AvgIpc) is 2.41. The lowest BCUT2D eigenvalue weighted by Gasteiger charge is -2.34. The maximum atomic E-state index is 11.9. The first-order valence-electron chi connectivity index (χ1n) is 6.89. The molecular weight excluding hydrogens is 262 g/mol. The number of carboxylic acid groups (broad SMARTS) is 1. The molecule has 7 nitrogen and oxygen atoms in total. The molecule has 114 valence electrons. The van der Waals surface area contributed by atoms with Crippen LogP contribution < -0.4 is 10.6 Å². The second-order valence-electron chi connectivity index (χ2n) is 5.37. The maximum absolute atomic E-state index is 11.9. The molecule has 1 rings (SSSR count). The van der Waals surface area contributed by atoms with Crippen LogP contribution in [-0.4, -0.2) is 54.1 Å². The van der Waals surface area contributed by atoms with Gasteiger partial charge in [0.1, 0.15) is 6.54 Å². The molecule has 0 bridgehead atoms. The number of carbonyl (C=O) groups excluding carboxylic acids is 2. The standard InChI is InChI=1S/C13H23N3O4/c1-9-4-3-5-10(6-9)16(2)13(20)15-7-11(17)14-8-12(18)19/h9-10H,3-8H2,1-2H3,(H,14,17)(H,15,20)(H,18,19). The zero-order valence-corrected chi connectivity index (χ0v) is 12.0. The summed E-state index contributed by atoms with van der Waals surface area (Å²) in [5.74, 6) is -1.01. The third-order valence-electron chi connectivity index (χ3n) is 3.61. The Labute approximate surface area is 118 Å². The SMILES string of the molecule is CC1CCCC(N(C)C(=O)NCC(=O)NCC(=O)O)C1. The second-order valence-corrected chi connectivity index (χ2v) is 5.37. The minimum atomic E-state index is -1.11. The maximum Gasteiger partial charge on any atom is 0.322 e. The van der Waals surface area contributed by atoms with Crippen molar-refractivity contribution in [2.75, 3.05) is 20.1 Å². The van der Waals surface area contributed by atoms with Crippen molar-refractivity contribution in [3.05, 3.63) is 0 Å². The lowest BCUT2D eigenvalue weighted by Crippen LogP contribution is -2.48. The summed E-state index contributed by atoms with van der Waals surface area (Å²) in [4.78, 5) is 35.1. The molecule has 0 aromatic heterocycles. The number of urea groups is 1. The number of hydrogen-bond acceptors (Lipinski definition) is 3. The van der Waals surface area contributed by atoms with Crippen molar-refractivity contribution in [2.45, 2.75) is 38.6 Å². The van der Waals surface area contributed by atoms with Gasteiger partial charge in [-0.15, -0.1) is 0 Å². The van der Waals surface area contributed by atoms with Gasteiger partial charge in [0.15, 0.2) is 0 Å². The normalized spacial score (nSPS) is 21.9. The van der Waals surface area contributed by atoms with Crippen molar-refractivity contribution in [2.24, 2.45) is 5.92 Å². The number of carboxylic acids is 1. The molecule has 7 heteroatoms. The molecule has 1 aliphatic rings. The molecule has 0 aromatic rings. The predicted molar refractivity (Wildman–Crippen MR) is 73.2 cm³/mol. The minimum Gasteiger partial charge on any atom is -0.480 e. The quantitative estimate of drug-likeness (QED) is 0.681. The zero-order chi connectivity index (χ0) is 15.1. The van der Waals surface area contributed by atoms with E-state index < -0.39 is 18.4 Å². The molecule has 0 saturated heterocycles. The lowest BCUT2D eigenvalue weighted by molar-refractivity contribution is -0.137. The monoisotopic (exact) mass is 285 g/mol. The minimum absolute atomic E-state index is 0.209. The van der Waals surface area contributed by atoms with Gasteiger partial charge < -0.3 is 20.6 Å². The third kappa shape index (κ3) is 5.46. The van der Waals surface area contributed by atoms with Crippen LogP contribution in [0.15, 0.2) is 0 Å². The highest BCUT2D eigenvalue weighted by Crippen LogP contribution is 2.26. The van der Waals surface area contributed by atoms with Crippen LogP contribution in [-0.2, 0) is 9.59 Å². The van der Waals surface area contributed by atoms with Gasteiger partial charge in [0.2, 0.25) is 5.91 Å². The number of amides is 3. The fraction of sp³-hybridized carbons (Fsp3) is 0.769. The fourth-order valence-corrected chi connectivity index (χ4v) is 2.44. The topological polar surface area (TPSA) is 98.7 Å². The van der Waals surface area contributed by atoms with E-state index in [1.807, 2.05) is 0 Å². The van der Waals surface area contributed by atoms with E-state index in [1.54, 1.807) is 11.9 Å². The summed E-state index contributed by atoms with van der Waals surface area (Å²) >= 11 is 0. The summed E-state index contributed by atoms with van der Waals surface area (Å²) in [6.45, 7) is 1.53. The highest BCUT2D eigenvalue weighted by molar-refractivity contribution is 5.86. The van der Waals surface area contributed by atoms with Crippen LogP contribution in [0, 0.1) is 5.92 Å². The number of nitrogens with zero attached hydrogens (tertiary/aromatic N) is 1. The van der Waals surface area contributed by atoms with Crippen molar-refractivity contribution in [1.82, 2.24) is 15.5 Å². The van der Waals surface area contributed by atoms with Crippen LogP contribution in [0.4, 0.5) is 4.79 Å². The average molecular weight is 285 g/mol. The molecule has 0 aromatic carbocycles. The van der Waals surface area contributed by atoms with Gasteiger partial charge >= 0.3 is 12.0 Å². The second kappa shape index (κ2) is 7.72. The molecule has 0 heterocycles.